The summed E-state index contributed by atoms with van der Waals surface area (Å²) in [6, 6.07) is 4.93. The molecule has 0 saturated heterocycles. The Balaban J connectivity index is 1.83. The average molecular weight is 406 g/mol. The molecule has 0 unspecified atom stereocenters. The molecule has 1 atom stereocenters. The number of rotatable bonds is 6. The van der Waals surface area contributed by atoms with Crippen molar-refractivity contribution in [2.75, 3.05) is 18.2 Å². The lowest BCUT2D eigenvalue weighted by Crippen LogP contribution is -2.49. The van der Waals surface area contributed by atoms with Crippen molar-refractivity contribution >= 4 is 23.8 Å². The molecule has 148 valence electrons. The zero-order valence-electron chi connectivity index (χ0n) is 15.2. The summed E-state index contributed by atoms with van der Waals surface area (Å²) in [5.41, 5.74) is 1.23. The van der Waals surface area contributed by atoms with E-state index in [0.717, 1.165) is 0 Å². The van der Waals surface area contributed by atoms with Gasteiger partial charge in [-0.2, -0.15) is 0 Å². The first kappa shape index (κ1) is 19.7. The van der Waals surface area contributed by atoms with Crippen LogP contribution in [0.1, 0.15) is 13.8 Å². The number of hydrogen-bond acceptors (Lipinski definition) is 7. The van der Waals surface area contributed by atoms with Gasteiger partial charge in [-0.1, -0.05) is 23.9 Å². The number of carbonyl (C=O) groups is 2. The van der Waals surface area contributed by atoms with Crippen LogP contribution in [0.2, 0.25) is 0 Å². The third-order valence-corrected chi connectivity index (χ3v) is 4.93. The van der Waals surface area contributed by atoms with Crippen LogP contribution in [0.5, 0.6) is 0 Å². The second-order valence-electron chi connectivity index (χ2n) is 5.91. The lowest BCUT2D eigenvalue weighted by atomic mass is 10.1. The number of aromatic nitrogens is 3. The predicted molar refractivity (Wildman–Crippen MR) is 101 cm³/mol. The van der Waals surface area contributed by atoms with Crippen molar-refractivity contribution < 1.29 is 18.7 Å². The number of urea groups is 1. The number of carbonyl (C=O) groups excluding carboxylic acids is 2. The second-order valence-corrected chi connectivity index (χ2v) is 6.85. The lowest BCUT2D eigenvalue weighted by Gasteiger charge is -2.26. The molecular weight excluding hydrogens is 387 g/mol. The Morgan fingerprint density at radius 2 is 2.21 bits per heavy atom. The van der Waals surface area contributed by atoms with Crippen LogP contribution >= 0.6 is 11.8 Å². The van der Waals surface area contributed by atoms with E-state index in [1.54, 1.807) is 26.0 Å². The molecule has 0 saturated carbocycles. The Hall–Kier alpha value is -3.08. The van der Waals surface area contributed by atoms with Gasteiger partial charge in [-0.3, -0.25) is 0 Å². The van der Waals surface area contributed by atoms with Crippen molar-refractivity contribution in [2.45, 2.75) is 25.0 Å². The summed E-state index contributed by atoms with van der Waals surface area (Å²) >= 11 is 1.18. The fraction of sp³-hybridized carbons (Fsp3) is 0.294. The van der Waals surface area contributed by atoms with E-state index in [2.05, 4.69) is 20.8 Å². The van der Waals surface area contributed by atoms with Gasteiger partial charge in [0, 0.05) is 17.0 Å². The summed E-state index contributed by atoms with van der Waals surface area (Å²) in [6.07, 6.45) is 0. The second kappa shape index (κ2) is 8.30. The molecule has 2 amide bonds. The molecule has 1 aliphatic heterocycles. The summed E-state index contributed by atoms with van der Waals surface area (Å²) in [6.45, 7) is 3.62. The zero-order chi connectivity index (χ0) is 20.3. The van der Waals surface area contributed by atoms with Gasteiger partial charge in [0.05, 0.1) is 18.2 Å². The molecule has 0 fully saturated rings. The van der Waals surface area contributed by atoms with E-state index in [1.165, 1.54) is 28.6 Å². The molecule has 0 radical (unpaired) electrons. The molecule has 11 heteroatoms. The van der Waals surface area contributed by atoms with Gasteiger partial charge in [0.15, 0.2) is 5.82 Å². The molecule has 9 nitrogen and oxygen atoms in total. The van der Waals surface area contributed by atoms with E-state index >= 15 is 0 Å². The van der Waals surface area contributed by atoms with Crippen LogP contribution in [-0.2, 0) is 9.53 Å². The van der Waals surface area contributed by atoms with Gasteiger partial charge in [-0.05, 0) is 26.0 Å². The Bertz CT molecular complexity index is 945. The molecule has 1 aliphatic rings. The van der Waals surface area contributed by atoms with Crippen molar-refractivity contribution in [1.82, 2.24) is 25.5 Å². The summed E-state index contributed by atoms with van der Waals surface area (Å²) < 4.78 is 19.7. The number of thioether (sulfide) groups is 1. The van der Waals surface area contributed by atoms with Gasteiger partial charge in [0.25, 0.3) is 0 Å². The number of amides is 2. The highest BCUT2D eigenvalue weighted by Gasteiger charge is 2.30. The van der Waals surface area contributed by atoms with Crippen LogP contribution in [0.25, 0.3) is 11.4 Å². The van der Waals surface area contributed by atoms with Crippen LogP contribution in [0.3, 0.4) is 0 Å². The molecule has 2 heterocycles. The largest absolute Gasteiger partial charge is 0.463 e. The van der Waals surface area contributed by atoms with Crippen LogP contribution < -0.4 is 16.5 Å². The number of esters is 1. The van der Waals surface area contributed by atoms with Gasteiger partial charge in [-0.15, -0.1) is 10.2 Å². The Morgan fingerprint density at radius 1 is 1.43 bits per heavy atom. The van der Waals surface area contributed by atoms with E-state index in [0.29, 0.717) is 27.8 Å². The standard InChI is InChI=1S/C17H19FN6O3S/c1-3-27-15(25)13-9(2)20-16(26)21-12(13)8-28-17-23-22-14(24(17)19)10-5-4-6-11(18)7-10/h4-7,9H,3,8,19H2,1-2H3,(H2,20,21,26)/t9-/m0/s1. The first-order valence-electron chi connectivity index (χ1n) is 8.47. The van der Waals surface area contributed by atoms with E-state index in [1.807, 2.05) is 0 Å². The van der Waals surface area contributed by atoms with Gasteiger partial charge in [0.1, 0.15) is 5.82 Å². The fourth-order valence-electron chi connectivity index (χ4n) is 2.73. The van der Waals surface area contributed by atoms with Crippen LogP contribution in [0.15, 0.2) is 40.7 Å². The number of benzene rings is 1. The highest BCUT2D eigenvalue weighted by atomic mass is 32.2. The van der Waals surface area contributed by atoms with E-state index in [9.17, 15) is 14.0 Å². The minimum absolute atomic E-state index is 0.213. The Labute approximate surface area is 164 Å². The summed E-state index contributed by atoms with van der Waals surface area (Å²) in [5.74, 6) is 5.63. The molecule has 0 spiro atoms. The molecule has 1 aromatic carbocycles. The van der Waals surface area contributed by atoms with Gasteiger partial charge >= 0.3 is 12.0 Å². The van der Waals surface area contributed by atoms with E-state index in [4.69, 9.17) is 10.6 Å². The smallest absolute Gasteiger partial charge is 0.337 e. The number of nitrogens with zero attached hydrogens (tertiary/aromatic N) is 3. The van der Waals surface area contributed by atoms with Crippen LogP contribution in [0, 0.1) is 5.82 Å². The minimum atomic E-state index is -0.507. The van der Waals surface area contributed by atoms with E-state index in [-0.39, 0.29) is 12.4 Å². The summed E-state index contributed by atoms with van der Waals surface area (Å²) in [4.78, 5) is 24.0. The first-order chi connectivity index (χ1) is 13.4. The third-order valence-electron chi connectivity index (χ3n) is 3.96. The quantitative estimate of drug-likeness (QED) is 0.376. The predicted octanol–water partition coefficient (Wildman–Crippen LogP) is 1.41. The van der Waals surface area contributed by atoms with Crippen molar-refractivity contribution in [3.05, 3.63) is 41.4 Å². The minimum Gasteiger partial charge on any atom is -0.463 e. The molecule has 4 N–H and O–H groups in total. The van der Waals surface area contributed by atoms with Crippen molar-refractivity contribution in [1.29, 1.82) is 0 Å². The molecule has 28 heavy (non-hydrogen) atoms. The zero-order valence-corrected chi connectivity index (χ0v) is 16.0. The number of halogens is 1. The van der Waals surface area contributed by atoms with Crippen LogP contribution in [0.4, 0.5) is 9.18 Å². The van der Waals surface area contributed by atoms with Gasteiger partial charge in [0.2, 0.25) is 5.16 Å². The first-order valence-corrected chi connectivity index (χ1v) is 9.46. The van der Waals surface area contributed by atoms with Gasteiger partial charge < -0.3 is 21.2 Å². The third kappa shape index (κ3) is 4.09. The number of nitrogens with one attached hydrogen (secondary N) is 2. The Morgan fingerprint density at radius 3 is 2.93 bits per heavy atom. The number of nitrogens with two attached hydrogens (primary N) is 1. The highest BCUT2D eigenvalue weighted by molar-refractivity contribution is 7.99. The number of nitrogen functional groups attached to an aromatic ring is 1. The molecule has 3 rings (SSSR count). The number of hydrogen-bond donors (Lipinski definition) is 3. The fourth-order valence-corrected chi connectivity index (χ4v) is 3.56. The molecule has 2 aromatic rings. The van der Waals surface area contributed by atoms with Crippen LogP contribution in [-0.4, -0.2) is 45.3 Å². The summed E-state index contributed by atoms with van der Waals surface area (Å²) in [5, 5.41) is 13.6. The Kier molecular flexibility index (Phi) is 5.83. The topological polar surface area (TPSA) is 124 Å². The van der Waals surface area contributed by atoms with Gasteiger partial charge in [-0.25, -0.2) is 18.7 Å². The maximum atomic E-state index is 13.4. The van der Waals surface area contributed by atoms with Crippen molar-refractivity contribution in [3.8, 4) is 11.4 Å². The number of ether oxygens (including phenoxy) is 1. The van der Waals surface area contributed by atoms with Crippen molar-refractivity contribution in [2.24, 2.45) is 0 Å². The normalized spacial score (nSPS) is 16.5. The van der Waals surface area contributed by atoms with Crippen molar-refractivity contribution in [3.63, 3.8) is 0 Å². The molecular formula is C17H19FN6O3S. The molecule has 0 bridgehead atoms. The highest BCUT2D eigenvalue weighted by Crippen LogP contribution is 2.25. The maximum Gasteiger partial charge on any atom is 0.337 e. The SMILES string of the molecule is CCOC(=O)C1=C(CSc2nnc(-c3cccc(F)c3)n2N)NC(=O)N[C@H]1C. The maximum absolute atomic E-state index is 13.4. The molecule has 1 aromatic heterocycles. The lowest BCUT2D eigenvalue weighted by molar-refractivity contribution is -0.138. The van der Waals surface area contributed by atoms with E-state index < -0.39 is 23.9 Å². The summed E-state index contributed by atoms with van der Waals surface area (Å²) in [7, 11) is 0. The monoisotopic (exact) mass is 406 g/mol. The average Bonchev–Trinajstić information content (AvgIpc) is 3.00. The molecule has 0 aliphatic carbocycles.